The Bertz CT molecular complexity index is 681. The van der Waals surface area contributed by atoms with Crippen molar-refractivity contribution in [1.29, 1.82) is 0 Å². The van der Waals surface area contributed by atoms with Crippen molar-refractivity contribution >= 4 is 22.6 Å². The molecule has 0 spiro atoms. The molecule has 1 heterocycles. The Balaban J connectivity index is 2.00. The van der Waals surface area contributed by atoms with E-state index in [0.717, 1.165) is 29.1 Å². The zero-order chi connectivity index (χ0) is 15.9. The highest BCUT2D eigenvalue weighted by Crippen LogP contribution is 2.29. The van der Waals surface area contributed by atoms with Gasteiger partial charge in [-0.25, -0.2) is 4.42 Å². The first kappa shape index (κ1) is 16.2. The molecule has 0 amide bonds. The van der Waals surface area contributed by atoms with E-state index in [-0.39, 0.29) is 0 Å². The molecule has 3 rings (SSSR count). The number of hydrogen-bond acceptors (Lipinski definition) is 0. The fourth-order valence-electron chi connectivity index (χ4n) is 2.61. The second-order valence-electron chi connectivity index (χ2n) is 5.57. The van der Waals surface area contributed by atoms with Crippen molar-refractivity contribution in [1.82, 2.24) is 0 Å². The fraction of sp³-hybridized carbons (Fsp3) is 0.190. The topological polar surface area (TPSA) is 11.3 Å². The van der Waals surface area contributed by atoms with Crippen LogP contribution in [0.5, 0.6) is 0 Å². The van der Waals surface area contributed by atoms with Crippen LogP contribution < -0.4 is 0 Å². The molecule has 1 aromatic heterocycles. The standard InChI is InChI=1S/C21H20IO/c22-14-8-7-9-17-15-20(18-10-3-1-4-11-18)23-21(16-17)19-12-5-2-6-13-19/h1-6,10-13,15-16H,7-9,14H2/q+1. The number of aryl methyl sites for hydroxylation is 1. The number of benzene rings is 2. The van der Waals surface area contributed by atoms with Crippen molar-refractivity contribution in [3.05, 3.63) is 78.4 Å². The van der Waals surface area contributed by atoms with E-state index in [1.54, 1.807) is 0 Å². The lowest BCUT2D eigenvalue weighted by Crippen LogP contribution is -1.90. The van der Waals surface area contributed by atoms with Crippen molar-refractivity contribution in [2.24, 2.45) is 0 Å². The van der Waals surface area contributed by atoms with Crippen LogP contribution in [0.2, 0.25) is 0 Å². The maximum Gasteiger partial charge on any atom is 0.361 e. The lowest BCUT2D eigenvalue weighted by atomic mass is 10.0. The summed E-state index contributed by atoms with van der Waals surface area (Å²) < 4.78 is 7.41. The summed E-state index contributed by atoms with van der Waals surface area (Å²) in [6.07, 6.45) is 3.57. The van der Waals surface area contributed by atoms with Gasteiger partial charge in [-0.2, -0.15) is 0 Å². The largest absolute Gasteiger partial charge is 0.361 e. The zero-order valence-corrected chi connectivity index (χ0v) is 15.2. The van der Waals surface area contributed by atoms with E-state index < -0.39 is 0 Å². The predicted octanol–water partition coefficient (Wildman–Crippen LogP) is 6.65. The fourth-order valence-corrected chi connectivity index (χ4v) is 3.15. The van der Waals surface area contributed by atoms with Crippen molar-refractivity contribution in [3.8, 4) is 22.6 Å². The van der Waals surface area contributed by atoms with Gasteiger partial charge in [0.1, 0.15) is 0 Å². The second kappa shape index (κ2) is 8.25. The number of alkyl halides is 1. The Morgan fingerprint density at radius 1 is 0.696 bits per heavy atom. The lowest BCUT2D eigenvalue weighted by Gasteiger charge is -2.01. The van der Waals surface area contributed by atoms with Crippen molar-refractivity contribution in [2.45, 2.75) is 19.3 Å². The summed E-state index contributed by atoms with van der Waals surface area (Å²) in [7, 11) is 0. The Morgan fingerprint density at radius 2 is 1.22 bits per heavy atom. The van der Waals surface area contributed by atoms with E-state index in [9.17, 15) is 0 Å². The first-order chi connectivity index (χ1) is 11.4. The molecule has 0 saturated heterocycles. The van der Waals surface area contributed by atoms with Crippen LogP contribution in [-0.4, -0.2) is 4.43 Å². The van der Waals surface area contributed by atoms with Crippen LogP contribution >= 0.6 is 22.6 Å². The van der Waals surface area contributed by atoms with E-state index in [0.29, 0.717) is 0 Å². The average Bonchev–Trinajstić information content (AvgIpc) is 2.63. The second-order valence-corrected chi connectivity index (χ2v) is 6.65. The molecule has 0 bridgehead atoms. The van der Waals surface area contributed by atoms with Gasteiger partial charge in [-0.05, 0) is 53.5 Å². The molecule has 1 nitrogen and oxygen atoms in total. The third-order valence-electron chi connectivity index (χ3n) is 3.82. The molecule has 0 atom stereocenters. The first-order valence-corrected chi connectivity index (χ1v) is 9.53. The molecule has 0 aliphatic rings. The van der Waals surface area contributed by atoms with Crippen LogP contribution in [-0.2, 0) is 6.42 Å². The van der Waals surface area contributed by atoms with Gasteiger partial charge >= 0.3 is 11.5 Å². The summed E-state index contributed by atoms with van der Waals surface area (Å²) in [6, 6.07) is 25.0. The molecule has 0 aliphatic heterocycles. The molecule has 23 heavy (non-hydrogen) atoms. The highest BCUT2D eigenvalue weighted by atomic mass is 127. The molecule has 0 radical (unpaired) electrons. The minimum absolute atomic E-state index is 0.941. The molecular weight excluding hydrogens is 395 g/mol. The van der Waals surface area contributed by atoms with Crippen molar-refractivity contribution < 1.29 is 4.42 Å². The van der Waals surface area contributed by atoms with Gasteiger partial charge in [0, 0.05) is 12.1 Å². The van der Waals surface area contributed by atoms with Crippen LogP contribution in [0.15, 0.2) is 77.2 Å². The quantitative estimate of drug-likeness (QED) is 0.190. The Morgan fingerprint density at radius 3 is 1.70 bits per heavy atom. The summed E-state index contributed by atoms with van der Waals surface area (Å²) in [5, 5.41) is 0. The normalized spacial score (nSPS) is 10.7. The van der Waals surface area contributed by atoms with Gasteiger partial charge in [-0.1, -0.05) is 59.0 Å². The van der Waals surface area contributed by atoms with Gasteiger partial charge in [0.25, 0.3) is 0 Å². The van der Waals surface area contributed by atoms with E-state index in [2.05, 4.69) is 83.3 Å². The SMILES string of the molecule is ICCCCc1cc(-c2ccccc2)[o+]c(-c2ccccc2)c1. The minimum Gasteiger partial charge on any atom is -0.207 e. The summed E-state index contributed by atoms with van der Waals surface area (Å²) >= 11 is 2.44. The van der Waals surface area contributed by atoms with E-state index in [1.165, 1.54) is 22.8 Å². The van der Waals surface area contributed by atoms with Gasteiger partial charge in [0.05, 0.1) is 11.1 Å². The average molecular weight is 415 g/mol. The number of hydrogen-bond donors (Lipinski definition) is 0. The molecule has 0 aliphatic carbocycles. The zero-order valence-electron chi connectivity index (χ0n) is 13.0. The Labute approximate surface area is 151 Å². The number of unbranched alkanes of at least 4 members (excludes halogenated alkanes) is 1. The van der Waals surface area contributed by atoms with Crippen LogP contribution in [0, 0.1) is 0 Å². The predicted molar refractivity (Wildman–Crippen MR) is 106 cm³/mol. The van der Waals surface area contributed by atoms with Gasteiger partial charge in [0.15, 0.2) is 0 Å². The van der Waals surface area contributed by atoms with E-state index >= 15 is 0 Å². The Kier molecular flexibility index (Phi) is 5.81. The molecule has 3 aromatic rings. The highest BCUT2D eigenvalue weighted by molar-refractivity contribution is 14.1. The summed E-state index contributed by atoms with van der Waals surface area (Å²) in [5.74, 6) is 1.88. The molecule has 0 saturated carbocycles. The monoisotopic (exact) mass is 415 g/mol. The van der Waals surface area contributed by atoms with Crippen molar-refractivity contribution in [3.63, 3.8) is 0 Å². The molecule has 0 fully saturated rings. The molecule has 116 valence electrons. The van der Waals surface area contributed by atoms with Crippen LogP contribution in [0.1, 0.15) is 18.4 Å². The third kappa shape index (κ3) is 4.41. The molecule has 2 aromatic carbocycles. The van der Waals surface area contributed by atoms with E-state index in [1.807, 2.05) is 12.1 Å². The third-order valence-corrected chi connectivity index (χ3v) is 4.58. The number of halogens is 1. The smallest absolute Gasteiger partial charge is 0.207 e. The summed E-state index contributed by atoms with van der Waals surface area (Å²) in [5.41, 5.74) is 3.60. The van der Waals surface area contributed by atoms with Crippen LogP contribution in [0.25, 0.3) is 22.6 Å². The summed E-state index contributed by atoms with van der Waals surface area (Å²) in [6.45, 7) is 0. The molecule has 2 heteroatoms. The van der Waals surface area contributed by atoms with Gasteiger partial charge < -0.3 is 0 Å². The van der Waals surface area contributed by atoms with Gasteiger partial charge in [-0.3, -0.25) is 0 Å². The van der Waals surface area contributed by atoms with Crippen molar-refractivity contribution in [2.75, 3.05) is 4.43 Å². The lowest BCUT2D eigenvalue weighted by molar-refractivity contribution is 0.578. The van der Waals surface area contributed by atoms with E-state index in [4.69, 9.17) is 4.42 Å². The van der Waals surface area contributed by atoms with Crippen LogP contribution in [0.3, 0.4) is 0 Å². The molecular formula is C21H20IO+. The highest BCUT2D eigenvalue weighted by Gasteiger charge is 2.19. The Hall–Kier alpha value is -1.68. The molecule has 0 N–H and O–H groups in total. The van der Waals surface area contributed by atoms with Crippen LogP contribution in [0.4, 0.5) is 0 Å². The maximum absolute atomic E-state index is 6.19. The number of rotatable bonds is 6. The van der Waals surface area contributed by atoms with Gasteiger partial charge in [0.2, 0.25) is 0 Å². The van der Waals surface area contributed by atoms with Gasteiger partial charge in [-0.15, -0.1) is 0 Å². The first-order valence-electron chi connectivity index (χ1n) is 8.01. The maximum atomic E-state index is 6.19. The molecule has 0 unspecified atom stereocenters. The minimum atomic E-state index is 0.941. The summed E-state index contributed by atoms with van der Waals surface area (Å²) in [4.78, 5) is 0.